The smallest absolute Gasteiger partial charge is 0.238 e. The average Bonchev–Trinajstić information content (AvgIpc) is 2.64. The summed E-state index contributed by atoms with van der Waals surface area (Å²) in [6.07, 6.45) is 1.54. The summed E-state index contributed by atoms with van der Waals surface area (Å²) in [7, 11) is 1.47. The van der Waals surface area contributed by atoms with Gasteiger partial charge in [-0.05, 0) is 6.07 Å². The minimum Gasteiger partial charge on any atom is -0.480 e. The summed E-state index contributed by atoms with van der Waals surface area (Å²) < 4.78 is 5.17. The highest BCUT2D eigenvalue weighted by Crippen LogP contribution is 2.40. The van der Waals surface area contributed by atoms with Crippen molar-refractivity contribution in [2.24, 2.45) is 0 Å². The third-order valence-electron chi connectivity index (χ3n) is 3.75. The number of aromatic nitrogens is 2. The van der Waals surface area contributed by atoms with Crippen LogP contribution in [0, 0.1) is 0 Å². The van der Waals surface area contributed by atoms with Gasteiger partial charge in [0, 0.05) is 16.7 Å². The lowest BCUT2D eigenvalue weighted by atomic mass is 10.0. The van der Waals surface area contributed by atoms with Crippen LogP contribution < -0.4 is 10.5 Å². The number of rotatable bonds is 4. The highest BCUT2D eigenvalue weighted by Gasteiger charge is 2.16. The van der Waals surface area contributed by atoms with Crippen LogP contribution in [-0.4, -0.2) is 22.2 Å². The Kier molecular flexibility index (Phi) is 5.08. The predicted octanol–water partition coefficient (Wildman–Crippen LogP) is 4.20. The Morgan fingerprint density at radius 1 is 1.04 bits per heavy atom. The molecule has 0 bridgehead atoms. The van der Waals surface area contributed by atoms with E-state index in [9.17, 15) is 5.11 Å². The second-order valence-corrected chi connectivity index (χ2v) is 6.00. The number of nitrogen functional groups attached to an aromatic ring is 1. The van der Waals surface area contributed by atoms with Gasteiger partial charge in [-0.1, -0.05) is 53.5 Å². The second kappa shape index (κ2) is 7.27. The number of nitrogens with two attached hydrogens (primary N) is 1. The van der Waals surface area contributed by atoms with E-state index in [1.807, 2.05) is 30.3 Å². The lowest BCUT2D eigenvalue weighted by Gasteiger charge is -2.13. The molecule has 0 radical (unpaired) electrons. The summed E-state index contributed by atoms with van der Waals surface area (Å²) in [6.45, 7) is -0.261. The van der Waals surface area contributed by atoms with Crippen molar-refractivity contribution in [2.45, 2.75) is 6.61 Å². The van der Waals surface area contributed by atoms with Crippen LogP contribution >= 0.6 is 23.2 Å². The first kappa shape index (κ1) is 17.5. The zero-order valence-electron chi connectivity index (χ0n) is 13.3. The van der Waals surface area contributed by atoms with Crippen molar-refractivity contribution in [3.05, 3.63) is 58.3 Å². The highest BCUT2D eigenvalue weighted by molar-refractivity contribution is 6.39. The number of ether oxygens (including phenoxy) is 1. The fraction of sp³-hybridized carbons (Fsp3) is 0.111. The number of halogens is 2. The van der Waals surface area contributed by atoms with Gasteiger partial charge in [-0.3, -0.25) is 4.98 Å². The van der Waals surface area contributed by atoms with Gasteiger partial charge in [-0.15, -0.1) is 0 Å². The van der Waals surface area contributed by atoms with Crippen molar-refractivity contribution in [2.75, 3.05) is 12.8 Å². The number of hydrogen-bond acceptors (Lipinski definition) is 5. The molecule has 1 aromatic heterocycles. The van der Waals surface area contributed by atoms with Crippen molar-refractivity contribution in [3.8, 4) is 28.3 Å². The van der Waals surface area contributed by atoms with E-state index in [-0.39, 0.29) is 12.5 Å². The fourth-order valence-electron chi connectivity index (χ4n) is 2.49. The van der Waals surface area contributed by atoms with Gasteiger partial charge in [-0.25, -0.2) is 4.98 Å². The van der Waals surface area contributed by atoms with E-state index < -0.39 is 0 Å². The maximum absolute atomic E-state index is 9.28. The van der Waals surface area contributed by atoms with E-state index in [0.29, 0.717) is 32.7 Å². The maximum Gasteiger partial charge on any atom is 0.238 e. The van der Waals surface area contributed by atoms with Crippen molar-refractivity contribution in [1.29, 1.82) is 0 Å². The summed E-state index contributed by atoms with van der Waals surface area (Å²) in [5.74, 6) is 0.253. The molecule has 3 aromatic rings. The molecule has 0 saturated carbocycles. The van der Waals surface area contributed by atoms with Crippen LogP contribution in [0.3, 0.4) is 0 Å². The standard InChI is InChI=1S/C18H15Cl2N3O2/c1-25-18-15(9-24)22-8-14(23-18)12-6-2-4-10(16(12)19)11-5-3-7-13(21)17(11)20/h2-8,24H,9,21H2,1H3. The Morgan fingerprint density at radius 2 is 1.68 bits per heavy atom. The third-order valence-corrected chi connectivity index (χ3v) is 4.58. The molecular weight excluding hydrogens is 361 g/mol. The van der Waals surface area contributed by atoms with Crippen LogP contribution in [0.2, 0.25) is 10.0 Å². The molecule has 5 nitrogen and oxygen atoms in total. The largest absolute Gasteiger partial charge is 0.480 e. The number of benzene rings is 2. The van der Waals surface area contributed by atoms with Crippen molar-refractivity contribution in [3.63, 3.8) is 0 Å². The highest BCUT2D eigenvalue weighted by atomic mass is 35.5. The zero-order valence-corrected chi connectivity index (χ0v) is 14.8. The number of aliphatic hydroxyl groups excluding tert-OH is 1. The molecule has 3 N–H and O–H groups in total. The molecule has 0 aliphatic rings. The molecule has 128 valence electrons. The normalized spacial score (nSPS) is 10.7. The Labute approximate surface area is 155 Å². The molecule has 0 amide bonds. The fourth-order valence-corrected chi connectivity index (χ4v) is 3.05. The molecule has 25 heavy (non-hydrogen) atoms. The topological polar surface area (TPSA) is 81.3 Å². The molecule has 3 rings (SSSR count). The summed E-state index contributed by atoms with van der Waals surface area (Å²) in [6, 6.07) is 10.9. The lowest BCUT2D eigenvalue weighted by molar-refractivity contribution is 0.265. The van der Waals surface area contributed by atoms with E-state index in [1.165, 1.54) is 7.11 Å². The number of aliphatic hydroxyl groups is 1. The monoisotopic (exact) mass is 375 g/mol. The molecule has 7 heteroatoms. The number of nitrogens with zero attached hydrogens (tertiary/aromatic N) is 2. The van der Waals surface area contributed by atoms with E-state index in [4.69, 9.17) is 33.7 Å². The van der Waals surface area contributed by atoms with Gasteiger partial charge < -0.3 is 15.6 Å². The van der Waals surface area contributed by atoms with Gasteiger partial charge in [0.05, 0.1) is 41.3 Å². The van der Waals surface area contributed by atoms with E-state index in [0.717, 1.165) is 11.1 Å². The van der Waals surface area contributed by atoms with Crippen molar-refractivity contribution < 1.29 is 9.84 Å². The molecule has 2 aromatic carbocycles. The number of anilines is 1. The van der Waals surface area contributed by atoms with Crippen LogP contribution in [0.5, 0.6) is 5.88 Å². The molecule has 0 fully saturated rings. The average molecular weight is 376 g/mol. The molecule has 1 heterocycles. The van der Waals surface area contributed by atoms with Gasteiger partial charge in [0.2, 0.25) is 5.88 Å². The molecule has 0 unspecified atom stereocenters. The minimum absolute atomic E-state index is 0.253. The van der Waals surface area contributed by atoms with Crippen molar-refractivity contribution >= 4 is 28.9 Å². The first-order valence-corrected chi connectivity index (χ1v) is 8.16. The Balaban J connectivity index is 2.16. The van der Waals surface area contributed by atoms with Gasteiger partial charge in [0.25, 0.3) is 0 Å². The summed E-state index contributed by atoms with van der Waals surface area (Å²) >= 11 is 12.9. The maximum atomic E-state index is 9.28. The van der Waals surface area contributed by atoms with Gasteiger partial charge >= 0.3 is 0 Å². The third kappa shape index (κ3) is 3.26. The molecule has 0 aliphatic heterocycles. The summed E-state index contributed by atoms with van der Waals surface area (Å²) in [4.78, 5) is 8.56. The second-order valence-electron chi connectivity index (χ2n) is 5.25. The first-order chi connectivity index (χ1) is 12.1. The van der Waals surface area contributed by atoms with Crippen LogP contribution in [0.4, 0.5) is 5.69 Å². The van der Waals surface area contributed by atoms with Crippen LogP contribution in [0.25, 0.3) is 22.4 Å². The predicted molar refractivity (Wildman–Crippen MR) is 99.8 cm³/mol. The zero-order chi connectivity index (χ0) is 18.0. The molecular formula is C18H15Cl2N3O2. The number of hydrogen-bond donors (Lipinski definition) is 2. The Morgan fingerprint density at radius 3 is 2.36 bits per heavy atom. The van der Waals surface area contributed by atoms with E-state index in [2.05, 4.69) is 9.97 Å². The van der Waals surface area contributed by atoms with Gasteiger partial charge in [0.15, 0.2) is 0 Å². The Hall–Kier alpha value is -2.34. The SMILES string of the molecule is COc1nc(-c2cccc(-c3cccc(N)c3Cl)c2Cl)cnc1CO. The van der Waals surface area contributed by atoms with Crippen LogP contribution in [-0.2, 0) is 6.61 Å². The molecule has 0 saturated heterocycles. The van der Waals surface area contributed by atoms with E-state index >= 15 is 0 Å². The van der Waals surface area contributed by atoms with Gasteiger partial charge in [-0.2, -0.15) is 0 Å². The quantitative estimate of drug-likeness (QED) is 0.667. The van der Waals surface area contributed by atoms with Crippen LogP contribution in [0.1, 0.15) is 5.69 Å². The van der Waals surface area contributed by atoms with Crippen LogP contribution in [0.15, 0.2) is 42.6 Å². The lowest BCUT2D eigenvalue weighted by Crippen LogP contribution is -2.00. The number of methoxy groups -OCH3 is 1. The summed E-state index contributed by atoms with van der Waals surface area (Å²) in [5, 5.41) is 10.2. The minimum atomic E-state index is -0.261. The molecule has 0 spiro atoms. The van der Waals surface area contributed by atoms with E-state index in [1.54, 1.807) is 12.3 Å². The molecule has 0 aliphatic carbocycles. The summed E-state index contributed by atoms with van der Waals surface area (Å²) in [5.41, 5.74) is 9.41. The molecule has 0 atom stereocenters. The first-order valence-electron chi connectivity index (χ1n) is 7.40. The van der Waals surface area contributed by atoms with Gasteiger partial charge in [0.1, 0.15) is 5.69 Å². The Bertz CT molecular complexity index is 932. The van der Waals surface area contributed by atoms with Crippen molar-refractivity contribution in [1.82, 2.24) is 9.97 Å².